The number of carbonyl (C=O) groups excluding carboxylic acids is 1. The average molecular weight is 321 g/mol. The van der Waals surface area contributed by atoms with E-state index < -0.39 is 5.60 Å². The molecule has 0 spiro atoms. The Morgan fingerprint density at radius 1 is 0.913 bits per heavy atom. The van der Waals surface area contributed by atoms with Crippen LogP contribution >= 0.6 is 0 Å². The number of hydrogen-bond donors (Lipinski definition) is 0. The summed E-state index contributed by atoms with van der Waals surface area (Å²) in [4.78, 5) is 12.2. The summed E-state index contributed by atoms with van der Waals surface area (Å²) in [6, 6.07) is 7.82. The van der Waals surface area contributed by atoms with Gasteiger partial charge in [0, 0.05) is 0 Å². The Labute approximate surface area is 143 Å². The summed E-state index contributed by atoms with van der Waals surface area (Å²) in [6.45, 7) is 20.9. The van der Waals surface area contributed by atoms with E-state index in [1.54, 1.807) is 0 Å². The van der Waals surface area contributed by atoms with Gasteiger partial charge >= 0.3 is 5.97 Å². The van der Waals surface area contributed by atoms with E-state index in [0.717, 1.165) is 0 Å². The van der Waals surface area contributed by atoms with E-state index in [1.807, 2.05) is 52.0 Å². The largest absolute Gasteiger partial charge is 0.456 e. The maximum atomic E-state index is 12.2. The first-order valence-corrected chi connectivity index (χ1v) is 8.78. The Kier molecular flexibility index (Phi) is 8.03. The number of hydrogen-bond acceptors (Lipinski definition) is 2. The summed E-state index contributed by atoms with van der Waals surface area (Å²) in [5, 5.41) is 0. The van der Waals surface area contributed by atoms with Crippen molar-refractivity contribution in [3.05, 3.63) is 35.4 Å². The van der Waals surface area contributed by atoms with Gasteiger partial charge in [-0.2, -0.15) is 0 Å². The summed E-state index contributed by atoms with van der Waals surface area (Å²) in [6.07, 6.45) is 0. The molecule has 0 aliphatic carbocycles. The molecule has 1 aromatic carbocycles. The van der Waals surface area contributed by atoms with Gasteiger partial charge in [-0.3, -0.25) is 0 Å². The zero-order chi connectivity index (χ0) is 18.4. The minimum Gasteiger partial charge on any atom is -0.456 e. The van der Waals surface area contributed by atoms with Crippen LogP contribution in [-0.2, 0) is 4.74 Å². The molecule has 1 rings (SSSR count). The van der Waals surface area contributed by atoms with Crippen LogP contribution in [0.2, 0.25) is 0 Å². The number of ether oxygens (including phenoxy) is 1. The maximum Gasteiger partial charge on any atom is 0.338 e. The van der Waals surface area contributed by atoms with E-state index in [9.17, 15) is 4.79 Å². The van der Waals surface area contributed by atoms with E-state index in [1.165, 1.54) is 5.56 Å². The number of rotatable bonds is 4. The first-order chi connectivity index (χ1) is 10.4. The first kappa shape index (κ1) is 21.7. The lowest BCUT2D eigenvalue weighted by Crippen LogP contribution is -2.33. The van der Waals surface area contributed by atoms with Crippen molar-refractivity contribution in [2.45, 2.75) is 80.8 Å². The summed E-state index contributed by atoms with van der Waals surface area (Å²) >= 11 is 0. The standard InChI is InChI=1S/C19H30O2.C2H6/c1-13(2)19(7,8)21-17(20)16-11-9-15(10-12-16)14(3)18(4,5)6;1-2/h9-14H,1-8H3;1-2H3. The third-order valence-corrected chi connectivity index (χ3v) is 4.69. The normalized spacial score (nSPS) is 13.2. The van der Waals surface area contributed by atoms with Gasteiger partial charge in [-0.05, 0) is 48.8 Å². The summed E-state index contributed by atoms with van der Waals surface area (Å²) in [5.74, 6) is 0.472. The fourth-order valence-corrected chi connectivity index (χ4v) is 1.82. The third-order valence-electron chi connectivity index (χ3n) is 4.69. The molecular formula is C21H36O2. The number of carbonyl (C=O) groups is 1. The highest BCUT2D eigenvalue weighted by Crippen LogP contribution is 2.34. The van der Waals surface area contributed by atoms with Gasteiger partial charge in [-0.15, -0.1) is 0 Å². The van der Waals surface area contributed by atoms with Gasteiger partial charge in [0.2, 0.25) is 0 Å². The third kappa shape index (κ3) is 6.37. The molecule has 132 valence electrons. The predicted molar refractivity (Wildman–Crippen MR) is 100.0 cm³/mol. The molecule has 0 aromatic heterocycles. The molecule has 0 saturated carbocycles. The van der Waals surface area contributed by atoms with Gasteiger partial charge in [0.1, 0.15) is 5.60 Å². The lowest BCUT2D eigenvalue weighted by Gasteiger charge is -2.29. The van der Waals surface area contributed by atoms with E-state index in [4.69, 9.17) is 4.74 Å². The van der Waals surface area contributed by atoms with Crippen molar-refractivity contribution in [1.82, 2.24) is 0 Å². The van der Waals surface area contributed by atoms with Crippen LogP contribution in [0.3, 0.4) is 0 Å². The van der Waals surface area contributed by atoms with Crippen LogP contribution < -0.4 is 0 Å². The van der Waals surface area contributed by atoms with E-state index in [-0.39, 0.29) is 17.3 Å². The van der Waals surface area contributed by atoms with Gasteiger partial charge < -0.3 is 4.74 Å². The van der Waals surface area contributed by atoms with Crippen molar-refractivity contribution in [1.29, 1.82) is 0 Å². The predicted octanol–water partition coefficient (Wildman–Crippen LogP) is 6.45. The Balaban J connectivity index is 0.00000232. The zero-order valence-electron chi connectivity index (χ0n) is 16.8. The van der Waals surface area contributed by atoms with Crippen molar-refractivity contribution in [3.8, 4) is 0 Å². The highest BCUT2D eigenvalue weighted by atomic mass is 16.6. The molecule has 0 fully saturated rings. The molecule has 0 heterocycles. The lowest BCUT2D eigenvalue weighted by atomic mass is 9.78. The fraction of sp³-hybridized carbons (Fsp3) is 0.667. The second kappa shape index (κ2) is 8.52. The second-order valence-corrected chi connectivity index (χ2v) is 7.86. The smallest absolute Gasteiger partial charge is 0.338 e. The van der Waals surface area contributed by atoms with Crippen molar-refractivity contribution in [2.24, 2.45) is 11.3 Å². The van der Waals surface area contributed by atoms with E-state index in [2.05, 4.69) is 41.5 Å². The average Bonchev–Trinajstić information content (AvgIpc) is 2.47. The molecule has 0 amide bonds. The Morgan fingerprint density at radius 3 is 1.70 bits per heavy atom. The van der Waals surface area contributed by atoms with Gasteiger partial charge in [0.25, 0.3) is 0 Å². The highest BCUT2D eigenvalue weighted by Gasteiger charge is 2.27. The summed E-state index contributed by atoms with van der Waals surface area (Å²) in [7, 11) is 0. The fourth-order valence-electron chi connectivity index (χ4n) is 1.82. The molecular weight excluding hydrogens is 284 g/mol. The minimum atomic E-state index is -0.450. The van der Waals surface area contributed by atoms with Gasteiger partial charge in [-0.1, -0.05) is 67.5 Å². The van der Waals surface area contributed by atoms with Crippen LogP contribution in [0, 0.1) is 11.3 Å². The molecule has 0 aliphatic rings. The Morgan fingerprint density at radius 2 is 1.35 bits per heavy atom. The SMILES string of the molecule is CC.CC(c1ccc(C(=O)OC(C)(C)C(C)C)cc1)C(C)(C)C. The van der Waals surface area contributed by atoms with Gasteiger partial charge in [-0.25, -0.2) is 4.79 Å². The van der Waals surface area contributed by atoms with Crippen LogP contribution in [0.4, 0.5) is 0 Å². The molecule has 2 nitrogen and oxygen atoms in total. The molecule has 0 N–H and O–H groups in total. The van der Waals surface area contributed by atoms with E-state index >= 15 is 0 Å². The molecule has 0 aliphatic heterocycles. The van der Waals surface area contributed by atoms with Crippen molar-refractivity contribution < 1.29 is 9.53 Å². The monoisotopic (exact) mass is 320 g/mol. The van der Waals surface area contributed by atoms with Gasteiger partial charge in [0.05, 0.1) is 5.56 Å². The van der Waals surface area contributed by atoms with E-state index in [0.29, 0.717) is 11.5 Å². The van der Waals surface area contributed by atoms with Gasteiger partial charge in [0.15, 0.2) is 0 Å². The molecule has 2 heteroatoms. The van der Waals surface area contributed by atoms with Crippen molar-refractivity contribution in [2.75, 3.05) is 0 Å². The van der Waals surface area contributed by atoms with Crippen molar-refractivity contribution >= 4 is 5.97 Å². The van der Waals surface area contributed by atoms with Crippen LogP contribution in [0.15, 0.2) is 24.3 Å². The number of benzene rings is 1. The maximum absolute atomic E-state index is 12.2. The minimum absolute atomic E-state index is 0.210. The van der Waals surface area contributed by atoms with Crippen LogP contribution in [0.1, 0.15) is 91.1 Å². The molecule has 0 radical (unpaired) electrons. The molecule has 1 atom stereocenters. The molecule has 1 unspecified atom stereocenters. The molecule has 0 bridgehead atoms. The van der Waals surface area contributed by atoms with Crippen LogP contribution in [0.25, 0.3) is 0 Å². The molecule has 23 heavy (non-hydrogen) atoms. The quantitative estimate of drug-likeness (QED) is 0.595. The highest BCUT2D eigenvalue weighted by molar-refractivity contribution is 5.89. The molecule has 0 saturated heterocycles. The topological polar surface area (TPSA) is 26.3 Å². The Hall–Kier alpha value is -1.31. The second-order valence-electron chi connectivity index (χ2n) is 7.86. The van der Waals surface area contributed by atoms with Crippen molar-refractivity contribution in [3.63, 3.8) is 0 Å². The molecule has 1 aromatic rings. The summed E-state index contributed by atoms with van der Waals surface area (Å²) in [5.41, 5.74) is 1.63. The number of esters is 1. The first-order valence-electron chi connectivity index (χ1n) is 8.78. The lowest BCUT2D eigenvalue weighted by molar-refractivity contribution is -0.0222. The van der Waals surface area contributed by atoms with Crippen LogP contribution in [0.5, 0.6) is 0 Å². The zero-order valence-corrected chi connectivity index (χ0v) is 16.8. The van der Waals surface area contributed by atoms with Crippen LogP contribution in [-0.4, -0.2) is 11.6 Å². The summed E-state index contributed by atoms with van der Waals surface area (Å²) < 4.78 is 5.61. The Bertz CT molecular complexity index is 476.